The minimum absolute atomic E-state index is 0.0170. The van der Waals surface area contributed by atoms with Gasteiger partial charge in [0.05, 0.1) is 0 Å². The van der Waals surface area contributed by atoms with E-state index in [-0.39, 0.29) is 11.9 Å². The molecule has 0 radical (unpaired) electrons. The lowest BCUT2D eigenvalue weighted by molar-refractivity contribution is -0.122. The predicted molar refractivity (Wildman–Crippen MR) is 90.1 cm³/mol. The van der Waals surface area contributed by atoms with Gasteiger partial charge in [-0.3, -0.25) is 4.79 Å². The van der Waals surface area contributed by atoms with Crippen LogP contribution in [0, 0.1) is 11.8 Å². The van der Waals surface area contributed by atoms with Crippen molar-refractivity contribution < 1.29 is 9.59 Å². The van der Waals surface area contributed by atoms with Crippen LogP contribution in [0.15, 0.2) is 30.3 Å². The molecule has 2 aliphatic rings. The average molecular weight is 315 g/mol. The third-order valence-electron chi connectivity index (χ3n) is 4.73. The van der Waals surface area contributed by atoms with E-state index < -0.39 is 0 Å². The smallest absolute Gasteiger partial charge is 0.321 e. The van der Waals surface area contributed by atoms with E-state index in [0.717, 1.165) is 57.4 Å². The van der Waals surface area contributed by atoms with E-state index in [2.05, 4.69) is 10.6 Å². The molecule has 1 aromatic rings. The first kappa shape index (κ1) is 15.8. The number of benzene rings is 1. The number of nitrogens with one attached hydrogen (secondary N) is 2. The zero-order valence-electron chi connectivity index (χ0n) is 13.5. The van der Waals surface area contributed by atoms with Crippen LogP contribution in [0.2, 0.25) is 0 Å². The lowest BCUT2D eigenvalue weighted by Gasteiger charge is -2.32. The Labute approximate surface area is 137 Å². The van der Waals surface area contributed by atoms with Gasteiger partial charge >= 0.3 is 6.03 Å². The summed E-state index contributed by atoms with van der Waals surface area (Å²) < 4.78 is 0. The van der Waals surface area contributed by atoms with Crippen LogP contribution in [0.25, 0.3) is 0 Å². The maximum atomic E-state index is 12.2. The Hall–Kier alpha value is -2.04. The van der Waals surface area contributed by atoms with E-state index in [1.165, 1.54) is 0 Å². The summed E-state index contributed by atoms with van der Waals surface area (Å²) in [7, 11) is 0. The van der Waals surface area contributed by atoms with Crippen molar-refractivity contribution in [2.24, 2.45) is 11.8 Å². The molecule has 1 heterocycles. The van der Waals surface area contributed by atoms with Crippen molar-refractivity contribution >= 4 is 17.6 Å². The molecule has 5 heteroatoms. The third kappa shape index (κ3) is 4.71. The second-order valence-corrected chi connectivity index (χ2v) is 6.58. The van der Waals surface area contributed by atoms with Crippen LogP contribution < -0.4 is 10.6 Å². The van der Waals surface area contributed by atoms with Crippen LogP contribution in [0.1, 0.15) is 32.1 Å². The van der Waals surface area contributed by atoms with Gasteiger partial charge in [-0.15, -0.1) is 0 Å². The van der Waals surface area contributed by atoms with Crippen molar-refractivity contribution in [2.75, 3.05) is 25.0 Å². The Bertz CT molecular complexity index is 534. The SMILES string of the molecule is O=C(NCCC1CCN(C(=O)Nc2ccccc2)CC1)C1CC1. The Balaban J connectivity index is 1.34. The first-order valence-electron chi connectivity index (χ1n) is 8.61. The number of rotatable bonds is 5. The lowest BCUT2D eigenvalue weighted by Crippen LogP contribution is -2.41. The van der Waals surface area contributed by atoms with Gasteiger partial charge in [0.1, 0.15) is 0 Å². The molecule has 0 bridgehead atoms. The fourth-order valence-electron chi connectivity index (χ4n) is 3.04. The topological polar surface area (TPSA) is 61.4 Å². The highest BCUT2D eigenvalue weighted by atomic mass is 16.2. The summed E-state index contributed by atoms with van der Waals surface area (Å²) in [6.45, 7) is 2.36. The molecular formula is C18H25N3O2. The molecule has 1 aliphatic carbocycles. The number of likely N-dealkylation sites (tertiary alicyclic amines) is 1. The molecule has 1 saturated carbocycles. The molecule has 2 fully saturated rings. The number of hydrogen-bond acceptors (Lipinski definition) is 2. The standard InChI is InChI=1S/C18H25N3O2/c22-17(15-6-7-15)19-11-8-14-9-12-21(13-10-14)18(23)20-16-4-2-1-3-5-16/h1-5,14-15H,6-13H2,(H,19,22)(H,20,23). The maximum absolute atomic E-state index is 12.2. The van der Waals surface area contributed by atoms with Crippen LogP contribution in [-0.4, -0.2) is 36.5 Å². The fraction of sp³-hybridized carbons (Fsp3) is 0.556. The van der Waals surface area contributed by atoms with E-state index in [0.29, 0.717) is 11.8 Å². The monoisotopic (exact) mass is 315 g/mol. The van der Waals surface area contributed by atoms with E-state index in [9.17, 15) is 9.59 Å². The van der Waals surface area contributed by atoms with Crippen LogP contribution in [0.5, 0.6) is 0 Å². The van der Waals surface area contributed by atoms with Crippen molar-refractivity contribution in [2.45, 2.75) is 32.1 Å². The normalized spacial score (nSPS) is 18.5. The number of carbonyl (C=O) groups is 2. The molecule has 1 aromatic carbocycles. The van der Waals surface area contributed by atoms with Crippen molar-refractivity contribution in [3.63, 3.8) is 0 Å². The molecule has 3 amide bonds. The van der Waals surface area contributed by atoms with E-state index in [1.807, 2.05) is 35.2 Å². The van der Waals surface area contributed by atoms with Crippen molar-refractivity contribution in [1.29, 1.82) is 0 Å². The van der Waals surface area contributed by atoms with Gasteiger partial charge in [0.25, 0.3) is 0 Å². The molecule has 1 saturated heterocycles. The van der Waals surface area contributed by atoms with Gasteiger partial charge in [-0.25, -0.2) is 4.79 Å². The first-order chi connectivity index (χ1) is 11.2. The molecular weight excluding hydrogens is 290 g/mol. The Kier molecular flexibility index (Phi) is 5.16. The average Bonchev–Trinajstić information content (AvgIpc) is 3.41. The minimum Gasteiger partial charge on any atom is -0.356 e. The van der Waals surface area contributed by atoms with Crippen LogP contribution in [0.4, 0.5) is 10.5 Å². The molecule has 23 heavy (non-hydrogen) atoms. The molecule has 2 N–H and O–H groups in total. The number of carbonyl (C=O) groups excluding carboxylic acids is 2. The second-order valence-electron chi connectivity index (χ2n) is 6.58. The number of piperidine rings is 1. The number of hydrogen-bond donors (Lipinski definition) is 2. The predicted octanol–water partition coefficient (Wildman–Crippen LogP) is 2.85. The molecule has 0 atom stereocenters. The molecule has 0 spiro atoms. The van der Waals surface area contributed by atoms with Crippen molar-refractivity contribution in [1.82, 2.24) is 10.2 Å². The highest BCUT2D eigenvalue weighted by Gasteiger charge is 2.29. The first-order valence-corrected chi connectivity index (χ1v) is 8.61. The van der Waals surface area contributed by atoms with Crippen molar-refractivity contribution in [3.8, 4) is 0 Å². The Morgan fingerprint density at radius 3 is 2.39 bits per heavy atom. The molecule has 0 aromatic heterocycles. The van der Waals surface area contributed by atoms with Crippen LogP contribution in [-0.2, 0) is 4.79 Å². The second kappa shape index (κ2) is 7.49. The highest BCUT2D eigenvalue weighted by molar-refractivity contribution is 5.89. The summed E-state index contributed by atoms with van der Waals surface area (Å²) in [4.78, 5) is 25.7. The molecule has 5 nitrogen and oxygen atoms in total. The van der Waals surface area contributed by atoms with Gasteiger partial charge in [0, 0.05) is 31.2 Å². The van der Waals surface area contributed by atoms with Gasteiger partial charge in [-0.05, 0) is 50.2 Å². The lowest BCUT2D eigenvalue weighted by atomic mass is 9.93. The summed E-state index contributed by atoms with van der Waals surface area (Å²) in [5, 5.41) is 5.96. The van der Waals surface area contributed by atoms with Gasteiger partial charge in [0.2, 0.25) is 5.91 Å². The molecule has 3 rings (SSSR count). The number of urea groups is 1. The highest BCUT2D eigenvalue weighted by Crippen LogP contribution is 2.28. The summed E-state index contributed by atoms with van der Waals surface area (Å²) in [5.41, 5.74) is 0.836. The molecule has 0 unspecified atom stereocenters. The molecule has 1 aliphatic heterocycles. The Morgan fingerprint density at radius 1 is 1.04 bits per heavy atom. The minimum atomic E-state index is -0.0170. The Morgan fingerprint density at radius 2 is 1.74 bits per heavy atom. The fourth-order valence-corrected chi connectivity index (χ4v) is 3.04. The van der Waals surface area contributed by atoms with Crippen LogP contribution >= 0.6 is 0 Å². The quantitative estimate of drug-likeness (QED) is 0.877. The number of nitrogens with zero attached hydrogens (tertiary/aromatic N) is 1. The summed E-state index contributed by atoms with van der Waals surface area (Å²) in [5.74, 6) is 1.12. The number of amides is 3. The summed E-state index contributed by atoms with van der Waals surface area (Å²) in [6.07, 6.45) is 5.16. The molecule has 124 valence electrons. The number of para-hydroxylation sites is 1. The van der Waals surface area contributed by atoms with E-state index in [1.54, 1.807) is 0 Å². The van der Waals surface area contributed by atoms with E-state index >= 15 is 0 Å². The van der Waals surface area contributed by atoms with Crippen molar-refractivity contribution in [3.05, 3.63) is 30.3 Å². The van der Waals surface area contributed by atoms with Crippen LogP contribution in [0.3, 0.4) is 0 Å². The number of anilines is 1. The zero-order chi connectivity index (χ0) is 16.1. The van der Waals surface area contributed by atoms with Gasteiger partial charge in [-0.1, -0.05) is 18.2 Å². The summed E-state index contributed by atoms with van der Waals surface area (Å²) in [6, 6.07) is 9.54. The maximum Gasteiger partial charge on any atom is 0.321 e. The third-order valence-corrected chi connectivity index (χ3v) is 4.73. The van der Waals surface area contributed by atoms with E-state index in [4.69, 9.17) is 0 Å². The van der Waals surface area contributed by atoms with Gasteiger partial charge in [-0.2, -0.15) is 0 Å². The van der Waals surface area contributed by atoms with Gasteiger partial charge < -0.3 is 15.5 Å². The van der Waals surface area contributed by atoms with Gasteiger partial charge in [0.15, 0.2) is 0 Å². The largest absolute Gasteiger partial charge is 0.356 e. The summed E-state index contributed by atoms with van der Waals surface area (Å²) >= 11 is 0. The zero-order valence-corrected chi connectivity index (χ0v) is 13.5.